The minimum Gasteiger partial charge on any atom is -0.381 e. The van der Waals surface area contributed by atoms with Crippen LogP contribution in [0.5, 0.6) is 0 Å². The minimum atomic E-state index is -0.497. The molecule has 0 aromatic carbocycles. The Kier molecular flexibility index (Phi) is 4.68. The van der Waals surface area contributed by atoms with Crippen molar-refractivity contribution >= 4 is 0 Å². The van der Waals surface area contributed by atoms with Crippen molar-refractivity contribution in [2.75, 3.05) is 19.8 Å². The van der Waals surface area contributed by atoms with Crippen LogP contribution in [0.2, 0.25) is 0 Å². The van der Waals surface area contributed by atoms with E-state index >= 15 is 0 Å². The molecule has 2 heterocycles. The topological polar surface area (TPSA) is 83.4 Å². The first-order chi connectivity index (χ1) is 9.22. The second-order valence-corrected chi connectivity index (χ2v) is 4.63. The summed E-state index contributed by atoms with van der Waals surface area (Å²) in [7, 11) is 0. The van der Waals surface area contributed by atoms with Gasteiger partial charge in [0.05, 0.1) is 6.04 Å². The van der Waals surface area contributed by atoms with Gasteiger partial charge in [0, 0.05) is 32.7 Å². The molecule has 1 aromatic heterocycles. The maximum atomic E-state index is 5.93. The van der Waals surface area contributed by atoms with Crippen molar-refractivity contribution in [2.24, 2.45) is 5.73 Å². The summed E-state index contributed by atoms with van der Waals surface area (Å²) in [6.45, 7) is 7.50. The van der Waals surface area contributed by atoms with Gasteiger partial charge in [-0.1, -0.05) is 11.2 Å². The lowest BCUT2D eigenvalue weighted by molar-refractivity contribution is -0.118. The van der Waals surface area contributed by atoms with Gasteiger partial charge in [-0.15, -0.1) is 6.58 Å². The summed E-state index contributed by atoms with van der Waals surface area (Å²) in [5.74, 6) is 1.01. The Morgan fingerprint density at radius 2 is 2.26 bits per heavy atom. The summed E-state index contributed by atoms with van der Waals surface area (Å²) < 4.78 is 16.5. The molecule has 1 aliphatic rings. The maximum Gasteiger partial charge on any atom is 0.243 e. The third kappa shape index (κ3) is 3.02. The summed E-state index contributed by atoms with van der Waals surface area (Å²) in [4.78, 5) is 4.41. The van der Waals surface area contributed by atoms with Gasteiger partial charge >= 0.3 is 0 Å². The van der Waals surface area contributed by atoms with E-state index in [-0.39, 0.29) is 6.04 Å². The van der Waals surface area contributed by atoms with Crippen molar-refractivity contribution in [1.29, 1.82) is 0 Å². The molecular weight excluding hydrogens is 246 g/mol. The van der Waals surface area contributed by atoms with Crippen LogP contribution in [0.4, 0.5) is 0 Å². The summed E-state index contributed by atoms with van der Waals surface area (Å²) in [6, 6.07) is -0.308. The number of rotatable bonds is 6. The predicted octanol–water partition coefficient (Wildman–Crippen LogP) is 1.69. The van der Waals surface area contributed by atoms with Crippen molar-refractivity contribution < 1.29 is 14.0 Å². The standard InChI is InChI=1S/C13H21N3O3/c1-3-5-10(14)11-15-12(16-19-11)13(18-4-2)6-8-17-9-7-13/h3,10H,1,4-9,14H2,2H3. The molecule has 0 saturated carbocycles. The fourth-order valence-corrected chi connectivity index (χ4v) is 2.26. The molecule has 1 aromatic rings. The number of hydrogen-bond donors (Lipinski definition) is 1. The second kappa shape index (κ2) is 6.27. The number of ether oxygens (including phenoxy) is 2. The maximum absolute atomic E-state index is 5.93. The van der Waals surface area contributed by atoms with Gasteiger partial charge < -0.3 is 19.7 Å². The highest BCUT2D eigenvalue weighted by Crippen LogP contribution is 2.34. The Bertz CT molecular complexity index is 408. The molecular formula is C13H21N3O3. The van der Waals surface area contributed by atoms with Gasteiger partial charge in [-0.2, -0.15) is 4.98 Å². The zero-order valence-electron chi connectivity index (χ0n) is 11.3. The van der Waals surface area contributed by atoms with E-state index in [0.717, 1.165) is 12.8 Å². The van der Waals surface area contributed by atoms with E-state index in [1.54, 1.807) is 6.08 Å². The normalized spacial score (nSPS) is 20.1. The Morgan fingerprint density at radius 1 is 1.53 bits per heavy atom. The highest BCUT2D eigenvalue weighted by atomic mass is 16.5. The molecule has 106 valence electrons. The van der Waals surface area contributed by atoms with Crippen LogP contribution in [-0.4, -0.2) is 30.0 Å². The molecule has 0 radical (unpaired) electrons. The third-order valence-corrected chi connectivity index (χ3v) is 3.31. The lowest BCUT2D eigenvalue weighted by Crippen LogP contribution is -2.37. The van der Waals surface area contributed by atoms with Gasteiger partial charge in [0.1, 0.15) is 5.60 Å². The molecule has 6 heteroatoms. The van der Waals surface area contributed by atoms with Gasteiger partial charge in [-0.25, -0.2) is 0 Å². The van der Waals surface area contributed by atoms with Crippen LogP contribution in [0.3, 0.4) is 0 Å². The molecule has 0 aliphatic carbocycles. The SMILES string of the molecule is C=CCC(N)c1nc(C2(OCC)CCOCC2)no1. The highest BCUT2D eigenvalue weighted by Gasteiger charge is 2.40. The van der Waals surface area contributed by atoms with Crippen LogP contribution in [0, 0.1) is 0 Å². The smallest absolute Gasteiger partial charge is 0.243 e. The molecule has 1 saturated heterocycles. The van der Waals surface area contributed by atoms with E-state index in [1.165, 1.54) is 0 Å². The largest absolute Gasteiger partial charge is 0.381 e. The molecule has 2 N–H and O–H groups in total. The molecule has 1 unspecified atom stereocenters. The van der Waals surface area contributed by atoms with Crippen molar-refractivity contribution in [2.45, 2.75) is 37.8 Å². The first-order valence-electron chi connectivity index (χ1n) is 6.64. The summed E-state index contributed by atoms with van der Waals surface area (Å²) in [5, 5.41) is 4.05. The average Bonchev–Trinajstić information content (AvgIpc) is 2.91. The first-order valence-corrected chi connectivity index (χ1v) is 6.64. The van der Waals surface area contributed by atoms with Crippen LogP contribution < -0.4 is 5.73 Å². The number of nitrogens with zero attached hydrogens (tertiary/aromatic N) is 2. The molecule has 6 nitrogen and oxygen atoms in total. The fourth-order valence-electron chi connectivity index (χ4n) is 2.26. The second-order valence-electron chi connectivity index (χ2n) is 4.63. The van der Waals surface area contributed by atoms with E-state index < -0.39 is 5.60 Å². The van der Waals surface area contributed by atoms with Crippen LogP contribution >= 0.6 is 0 Å². The van der Waals surface area contributed by atoms with Gasteiger partial charge in [0.25, 0.3) is 0 Å². The Labute approximate surface area is 113 Å². The third-order valence-electron chi connectivity index (χ3n) is 3.31. The Balaban J connectivity index is 2.20. The van der Waals surface area contributed by atoms with Crippen LogP contribution in [0.1, 0.15) is 43.9 Å². The average molecular weight is 267 g/mol. The quantitative estimate of drug-likeness (QED) is 0.790. The number of nitrogens with two attached hydrogens (primary N) is 1. The summed E-state index contributed by atoms with van der Waals surface area (Å²) >= 11 is 0. The molecule has 0 bridgehead atoms. The summed E-state index contributed by atoms with van der Waals surface area (Å²) in [6.07, 6.45) is 3.81. The molecule has 1 atom stereocenters. The monoisotopic (exact) mass is 267 g/mol. The van der Waals surface area contributed by atoms with Crippen molar-refractivity contribution in [3.63, 3.8) is 0 Å². The zero-order chi connectivity index (χ0) is 13.7. The number of hydrogen-bond acceptors (Lipinski definition) is 6. The van der Waals surface area contributed by atoms with Crippen molar-refractivity contribution in [3.8, 4) is 0 Å². The van der Waals surface area contributed by atoms with Gasteiger partial charge in [-0.05, 0) is 13.3 Å². The van der Waals surface area contributed by atoms with Gasteiger partial charge in [0.2, 0.25) is 11.7 Å². The lowest BCUT2D eigenvalue weighted by atomic mass is 9.93. The van der Waals surface area contributed by atoms with Crippen LogP contribution in [-0.2, 0) is 15.1 Å². The first kappa shape index (κ1) is 14.2. The molecule has 1 fully saturated rings. The van der Waals surface area contributed by atoms with Crippen molar-refractivity contribution in [1.82, 2.24) is 10.1 Å². The van der Waals surface area contributed by atoms with Gasteiger partial charge in [0.15, 0.2) is 0 Å². The highest BCUT2D eigenvalue weighted by molar-refractivity contribution is 5.05. The van der Waals surface area contributed by atoms with Gasteiger partial charge in [-0.3, -0.25) is 0 Å². The molecule has 1 aliphatic heterocycles. The van der Waals surface area contributed by atoms with E-state index in [1.807, 2.05) is 6.92 Å². The zero-order valence-corrected chi connectivity index (χ0v) is 11.3. The van der Waals surface area contributed by atoms with Crippen LogP contribution in [0.25, 0.3) is 0 Å². The summed E-state index contributed by atoms with van der Waals surface area (Å²) in [5.41, 5.74) is 5.44. The lowest BCUT2D eigenvalue weighted by Gasteiger charge is -2.33. The van der Waals surface area contributed by atoms with E-state index in [2.05, 4.69) is 16.7 Å². The Morgan fingerprint density at radius 3 is 2.89 bits per heavy atom. The fraction of sp³-hybridized carbons (Fsp3) is 0.692. The minimum absolute atomic E-state index is 0.308. The van der Waals surface area contributed by atoms with E-state index in [4.69, 9.17) is 19.7 Å². The Hall–Kier alpha value is -1.24. The molecule has 0 spiro atoms. The van der Waals surface area contributed by atoms with E-state index in [0.29, 0.717) is 38.0 Å². The predicted molar refractivity (Wildman–Crippen MR) is 69.4 cm³/mol. The van der Waals surface area contributed by atoms with Crippen LogP contribution in [0.15, 0.2) is 17.2 Å². The van der Waals surface area contributed by atoms with Crippen molar-refractivity contribution in [3.05, 3.63) is 24.4 Å². The number of aromatic nitrogens is 2. The molecule has 2 rings (SSSR count). The molecule has 19 heavy (non-hydrogen) atoms. The molecule has 0 amide bonds. The van der Waals surface area contributed by atoms with E-state index in [9.17, 15) is 0 Å².